The Kier molecular flexibility index (Phi) is 7.46. The fraction of sp³-hybridized carbons (Fsp3) is 0.240. The van der Waals surface area contributed by atoms with E-state index in [1.54, 1.807) is 14.2 Å². The van der Waals surface area contributed by atoms with E-state index in [9.17, 15) is 4.79 Å². The molecule has 5 nitrogen and oxygen atoms in total. The summed E-state index contributed by atoms with van der Waals surface area (Å²) in [6, 6.07) is 24.0. The molecule has 0 fully saturated rings. The van der Waals surface area contributed by atoms with E-state index in [-0.39, 0.29) is 5.91 Å². The standard InChI is InChI=1S/C25H28N2O3/c1-27(16-15-19-9-14-23(29-2)24(17-19)30-3)18-25(28)26-22-12-10-21(11-13-22)20-7-5-4-6-8-20/h4-14,17H,15-16,18H2,1-3H3,(H,26,28). The van der Waals surface area contributed by atoms with E-state index < -0.39 is 0 Å². The lowest BCUT2D eigenvalue weighted by Gasteiger charge is -2.17. The number of hydrogen-bond acceptors (Lipinski definition) is 4. The van der Waals surface area contributed by atoms with Crippen molar-refractivity contribution >= 4 is 11.6 Å². The Balaban J connectivity index is 1.49. The SMILES string of the molecule is COc1ccc(CCN(C)CC(=O)Nc2ccc(-c3ccccc3)cc2)cc1OC. The number of hydrogen-bond donors (Lipinski definition) is 1. The van der Waals surface area contributed by atoms with Crippen molar-refractivity contribution in [1.29, 1.82) is 0 Å². The molecule has 0 aliphatic heterocycles. The molecule has 1 amide bonds. The van der Waals surface area contributed by atoms with Gasteiger partial charge in [-0.3, -0.25) is 9.69 Å². The van der Waals surface area contributed by atoms with Crippen LogP contribution in [0.1, 0.15) is 5.56 Å². The molecule has 0 spiro atoms. The zero-order valence-electron chi connectivity index (χ0n) is 17.7. The second kappa shape index (κ2) is 10.5. The first-order chi connectivity index (χ1) is 14.6. The van der Waals surface area contributed by atoms with Crippen LogP contribution >= 0.6 is 0 Å². The summed E-state index contributed by atoms with van der Waals surface area (Å²) >= 11 is 0. The van der Waals surface area contributed by atoms with E-state index in [4.69, 9.17) is 9.47 Å². The maximum absolute atomic E-state index is 12.4. The molecule has 0 saturated carbocycles. The molecule has 3 rings (SSSR count). The van der Waals surface area contributed by atoms with Crippen LogP contribution in [0.4, 0.5) is 5.69 Å². The number of nitrogens with zero attached hydrogens (tertiary/aromatic N) is 1. The number of amides is 1. The Hall–Kier alpha value is -3.31. The molecule has 0 heterocycles. The summed E-state index contributed by atoms with van der Waals surface area (Å²) in [7, 11) is 5.20. The molecule has 1 N–H and O–H groups in total. The molecule has 0 bridgehead atoms. The Morgan fingerprint density at radius 1 is 0.867 bits per heavy atom. The fourth-order valence-electron chi connectivity index (χ4n) is 3.26. The second-order valence-electron chi connectivity index (χ2n) is 7.17. The average molecular weight is 405 g/mol. The van der Waals surface area contributed by atoms with E-state index >= 15 is 0 Å². The van der Waals surface area contributed by atoms with Gasteiger partial charge in [-0.15, -0.1) is 0 Å². The molecule has 0 aliphatic rings. The summed E-state index contributed by atoms with van der Waals surface area (Å²) < 4.78 is 10.6. The molecular formula is C25H28N2O3. The van der Waals surface area contributed by atoms with Crippen LogP contribution in [0.5, 0.6) is 11.5 Å². The fourth-order valence-corrected chi connectivity index (χ4v) is 3.26. The van der Waals surface area contributed by atoms with Crippen molar-refractivity contribution < 1.29 is 14.3 Å². The highest BCUT2D eigenvalue weighted by atomic mass is 16.5. The van der Waals surface area contributed by atoms with Crippen molar-refractivity contribution in [2.45, 2.75) is 6.42 Å². The number of carbonyl (C=O) groups is 1. The monoisotopic (exact) mass is 404 g/mol. The van der Waals surface area contributed by atoms with Crippen molar-refractivity contribution in [3.8, 4) is 22.6 Å². The third-order valence-electron chi connectivity index (χ3n) is 4.92. The van der Waals surface area contributed by atoms with Crippen LogP contribution in [0, 0.1) is 0 Å². The number of rotatable bonds is 9. The van der Waals surface area contributed by atoms with Gasteiger partial charge in [0.25, 0.3) is 0 Å². The maximum atomic E-state index is 12.4. The predicted octanol–water partition coefficient (Wildman–Crippen LogP) is 4.48. The molecule has 0 atom stereocenters. The molecule has 0 radical (unpaired) electrons. The highest BCUT2D eigenvalue weighted by Crippen LogP contribution is 2.27. The molecular weight excluding hydrogens is 376 g/mol. The Morgan fingerprint density at radius 2 is 1.53 bits per heavy atom. The average Bonchev–Trinajstić information content (AvgIpc) is 2.78. The van der Waals surface area contributed by atoms with Gasteiger partial charge < -0.3 is 14.8 Å². The number of nitrogens with one attached hydrogen (secondary N) is 1. The van der Waals surface area contributed by atoms with Crippen LogP contribution in [0.15, 0.2) is 72.8 Å². The Labute approximate surface area is 178 Å². The minimum absolute atomic E-state index is 0.0303. The lowest BCUT2D eigenvalue weighted by Crippen LogP contribution is -2.31. The molecule has 0 aromatic heterocycles. The van der Waals surface area contributed by atoms with Gasteiger partial charge in [-0.2, -0.15) is 0 Å². The number of benzene rings is 3. The number of methoxy groups -OCH3 is 2. The first-order valence-corrected chi connectivity index (χ1v) is 9.94. The largest absolute Gasteiger partial charge is 0.493 e. The van der Waals surface area contributed by atoms with Gasteiger partial charge >= 0.3 is 0 Å². The first-order valence-electron chi connectivity index (χ1n) is 9.94. The van der Waals surface area contributed by atoms with Crippen molar-refractivity contribution in [2.75, 3.05) is 39.7 Å². The van der Waals surface area contributed by atoms with Gasteiger partial charge in [0.15, 0.2) is 11.5 Å². The molecule has 0 aliphatic carbocycles. The van der Waals surface area contributed by atoms with Crippen LogP contribution in [0.2, 0.25) is 0 Å². The van der Waals surface area contributed by atoms with Gasteiger partial charge in [-0.25, -0.2) is 0 Å². The van der Waals surface area contributed by atoms with E-state index in [1.165, 1.54) is 0 Å². The van der Waals surface area contributed by atoms with Crippen molar-refractivity contribution in [2.24, 2.45) is 0 Å². The lowest BCUT2D eigenvalue weighted by molar-refractivity contribution is -0.117. The van der Waals surface area contributed by atoms with Crippen LogP contribution in [-0.2, 0) is 11.2 Å². The summed E-state index contributed by atoms with van der Waals surface area (Å²) in [5.41, 5.74) is 4.22. The van der Waals surface area contributed by atoms with Crippen molar-refractivity contribution in [1.82, 2.24) is 4.90 Å². The minimum atomic E-state index is -0.0303. The highest BCUT2D eigenvalue weighted by Gasteiger charge is 2.09. The molecule has 3 aromatic rings. The van der Waals surface area contributed by atoms with Gasteiger partial charge in [0.05, 0.1) is 20.8 Å². The van der Waals surface area contributed by atoms with Crippen molar-refractivity contribution in [3.05, 3.63) is 78.4 Å². The summed E-state index contributed by atoms with van der Waals surface area (Å²) in [4.78, 5) is 14.4. The number of anilines is 1. The summed E-state index contributed by atoms with van der Waals surface area (Å²) in [6.07, 6.45) is 0.815. The lowest BCUT2D eigenvalue weighted by atomic mass is 10.1. The Bertz CT molecular complexity index is 956. The molecule has 156 valence electrons. The number of carbonyl (C=O) groups excluding carboxylic acids is 1. The normalized spacial score (nSPS) is 10.7. The van der Waals surface area contributed by atoms with Crippen LogP contribution < -0.4 is 14.8 Å². The summed E-state index contributed by atoms with van der Waals surface area (Å²) in [5, 5.41) is 2.97. The van der Waals surface area contributed by atoms with E-state index in [1.807, 2.05) is 72.6 Å². The molecule has 0 unspecified atom stereocenters. The number of likely N-dealkylation sites (N-methyl/N-ethyl adjacent to an activating group) is 1. The van der Waals surface area contributed by atoms with E-state index in [2.05, 4.69) is 17.4 Å². The van der Waals surface area contributed by atoms with E-state index in [0.717, 1.165) is 35.3 Å². The topological polar surface area (TPSA) is 50.8 Å². The zero-order valence-corrected chi connectivity index (χ0v) is 17.7. The summed E-state index contributed by atoms with van der Waals surface area (Å²) in [6.45, 7) is 1.09. The van der Waals surface area contributed by atoms with Gasteiger partial charge in [0.2, 0.25) is 5.91 Å². The Morgan fingerprint density at radius 3 is 2.20 bits per heavy atom. The van der Waals surface area contributed by atoms with Gasteiger partial charge in [-0.05, 0) is 54.4 Å². The molecule has 30 heavy (non-hydrogen) atoms. The van der Waals surface area contributed by atoms with Crippen molar-refractivity contribution in [3.63, 3.8) is 0 Å². The summed E-state index contributed by atoms with van der Waals surface area (Å²) in [5.74, 6) is 1.40. The second-order valence-corrected chi connectivity index (χ2v) is 7.17. The van der Waals surface area contributed by atoms with Gasteiger partial charge in [0, 0.05) is 12.2 Å². The van der Waals surface area contributed by atoms with Crippen LogP contribution in [-0.4, -0.2) is 45.2 Å². The quantitative estimate of drug-likeness (QED) is 0.571. The van der Waals surface area contributed by atoms with Crippen LogP contribution in [0.3, 0.4) is 0 Å². The molecule has 0 saturated heterocycles. The third-order valence-corrected chi connectivity index (χ3v) is 4.92. The minimum Gasteiger partial charge on any atom is -0.493 e. The smallest absolute Gasteiger partial charge is 0.238 e. The first kappa shape index (κ1) is 21.4. The third kappa shape index (κ3) is 5.84. The zero-order chi connectivity index (χ0) is 21.3. The van der Waals surface area contributed by atoms with Gasteiger partial charge in [-0.1, -0.05) is 48.5 Å². The predicted molar refractivity (Wildman–Crippen MR) is 121 cm³/mol. The van der Waals surface area contributed by atoms with Gasteiger partial charge in [0.1, 0.15) is 0 Å². The van der Waals surface area contributed by atoms with Crippen LogP contribution in [0.25, 0.3) is 11.1 Å². The molecule has 5 heteroatoms. The highest BCUT2D eigenvalue weighted by molar-refractivity contribution is 5.92. The number of ether oxygens (including phenoxy) is 2. The maximum Gasteiger partial charge on any atom is 0.238 e. The molecule has 3 aromatic carbocycles. The van der Waals surface area contributed by atoms with E-state index in [0.29, 0.717) is 18.0 Å².